The Labute approximate surface area is 117 Å². The topological polar surface area (TPSA) is 42.9 Å². The zero-order chi connectivity index (χ0) is 13.7. The Morgan fingerprint density at radius 1 is 1.32 bits per heavy atom. The Kier molecular flexibility index (Phi) is 4.42. The van der Waals surface area contributed by atoms with Gasteiger partial charge in [0.05, 0.1) is 11.6 Å². The second kappa shape index (κ2) is 6.25. The smallest absolute Gasteiger partial charge is 0.172 e. The van der Waals surface area contributed by atoms with Gasteiger partial charge in [0.1, 0.15) is 0 Å². The molecular weight excluding hydrogens is 260 g/mol. The molecule has 0 spiro atoms. The molecule has 96 valence electrons. The molecule has 1 heterocycles. The summed E-state index contributed by atoms with van der Waals surface area (Å²) in [6, 6.07) is 6.85. The van der Waals surface area contributed by atoms with E-state index in [1.165, 1.54) is 0 Å². The molecule has 2 rings (SSSR count). The Bertz CT molecular complexity index is 566. The van der Waals surface area contributed by atoms with E-state index in [4.69, 9.17) is 11.6 Å². The van der Waals surface area contributed by atoms with E-state index in [0.717, 1.165) is 0 Å². The molecule has 2 aromatic rings. The number of aromatic nitrogens is 2. The Balaban J connectivity index is 2.31. The third-order valence-electron chi connectivity index (χ3n) is 2.79. The van der Waals surface area contributed by atoms with Crippen molar-refractivity contribution in [3.63, 3.8) is 0 Å². The van der Waals surface area contributed by atoms with Crippen LogP contribution in [0.2, 0.25) is 5.02 Å². The molecule has 0 saturated carbocycles. The summed E-state index contributed by atoms with van der Waals surface area (Å²) in [5, 5.41) is 0.608. The van der Waals surface area contributed by atoms with E-state index in [1.807, 2.05) is 0 Å². The number of nitrogens with zero attached hydrogens (tertiary/aromatic N) is 2. The number of hydrogen-bond donors (Lipinski definition) is 0. The van der Waals surface area contributed by atoms with Gasteiger partial charge in [0.2, 0.25) is 0 Å². The summed E-state index contributed by atoms with van der Waals surface area (Å²) < 4.78 is 0. The van der Waals surface area contributed by atoms with Gasteiger partial charge in [-0.15, -0.1) is 6.58 Å². The second-order valence-corrected chi connectivity index (χ2v) is 4.51. The number of Topliss-reactive ketones (excluding diaryl/α,β-unsaturated/α-hetero) is 1. The highest BCUT2D eigenvalue weighted by Gasteiger charge is 2.22. The molecule has 0 bridgehead atoms. The molecule has 4 heteroatoms. The van der Waals surface area contributed by atoms with Crippen molar-refractivity contribution in [3.8, 4) is 0 Å². The fraction of sp³-hybridized carbons (Fsp3) is 0.133. The van der Waals surface area contributed by atoms with E-state index in [9.17, 15) is 4.79 Å². The van der Waals surface area contributed by atoms with E-state index < -0.39 is 0 Å². The normalized spacial score (nSPS) is 11.8. The van der Waals surface area contributed by atoms with Crippen LogP contribution in [0, 0.1) is 0 Å². The van der Waals surface area contributed by atoms with E-state index in [0.29, 0.717) is 22.7 Å². The first kappa shape index (κ1) is 13.4. The zero-order valence-electron chi connectivity index (χ0n) is 10.3. The predicted molar refractivity (Wildman–Crippen MR) is 75.4 cm³/mol. The van der Waals surface area contributed by atoms with E-state index in [1.54, 1.807) is 48.9 Å². The molecule has 1 unspecified atom stereocenters. The largest absolute Gasteiger partial charge is 0.293 e. The average molecular weight is 273 g/mol. The summed E-state index contributed by atoms with van der Waals surface area (Å²) in [5.74, 6) is -0.357. The average Bonchev–Trinajstić information content (AvgIpc) is 2.46. The fourth-order valence-electron chi connectivity index (χ4n) is 1.83. The summed E-state index contributed by atoms with van der Waals surface area (Å²) in [6.07, 6.45) is 7.02. The quantitative estimate of drug-likeness (QED) is 0.616. The lowest BCUT2D eigenvalue weighted by Gasteiger charge is -2.13. The Hall–Kier alpha value is -2.00. The van der Waals surface area contributed by atoms with Crippen LogP contribution in [0.5, 0.6) is 0 Å². The minimum absolute atomic E-state index is 0.00272. The van der Waals surface area contributed by atoms with Crippen molar-refractivity contribution < 1.29 is 4.79 Å². The Morgan fingerprint density at radius 2 is 2.05 bits per heavy atom. The molecule has 0 aliphatic carbocycles. The number of rotatable bonds is 5. The number of allylic oxidation sites excluding steroid dienone is 1. The molecule has 0 saturated heterocycles. The molecule has 0 amide bonds. The van der Waals surface area contributed by atoms with Crippen molar-refractivity contribution in [1.29, 1.82) is 0 Å². The van der Waals surface area contributed by atoms with Crippen LogP contribution in [0.15, 0.2) is 55.5 Å². The number of carbonyl (C=O) groups excluding carboxylic acids is 1. The summed E-state index contributed by atoms with van der Waals surface area (Å²) in [6.45, 7) is 3.69. The van der Waals surface area contributed by atoms with Crippen LogP contribution in [0.1, 0.15) is 28.4 Å². The molecule has 0 fully saturated rings. The number of benzene rings is 1. The molecule has 19 heavy (non-hydrogen) atoms. The second-order valence-electron chi connectivity index (χ2n) is 4.08. The maximum Gasteiger partial charge on any atom is 0.172 e. The Morgan fingerprint density at radius 3 is 2.63 bits per heavy atom. The van der Waals surface area contributed by atoms with Gasteiger partial charge in [-0.3, -0.25) is 14.8 Å². The van der Waals surface area contributed by atoms with Gasteiger partial charge in [0.25, 0.3) is 0 Å². The predicted octanol–water partition coefficient (Wildman–Crippen LogP) is 3.67. The maximum absolute atomic E-state index is 12.5. The van der Waals surface area contributed by atoms with Crippen molar-refractivity contribution in [3.05, 3.63) is 71.8 Å². The van der Waals surface area contributed by atoms with Crippen LogP contribution >= 0.6 is 11.6 Å². The van der Waals surface area contributed by atoms with Gasteiger partial charge in [0.15, 0.2) is 5.78 Å². The molecule has 3 nitrogen and oxygen atoms in total. The van der Waals surface area contributed by atoms with Crippen molar-refractivity contribution in [2.45, 2.75) is 12.3 Å². The van der Waals surface area contributed by atoms with Crippen molar-refractivity contribution in [2.75, 3.05) is 0 Å². The van der Waals surface area contributed by atoms with Gasteiger partial charge in [-0.1, -0.05) is 17.7 Å². The third-order valence-corrected chi connectivity index (χ3v) is 3.04. The summed E-state index contributed by atoms with van der Waals surface area (Å²) in [4.78, 5) is 20.7. The molecular formula is C15H13ClN2O. The highest BCUT2D eigenvalue weighted by atomic mass is 35.5. The molecule has 0 aliphatic rings. The van der Waals surface area contributed by atoms with Gasteiger partial charge in [-0.2, -0.15) is 0 Å². The zero-order valence-corrected chi connectivity index (χ0v) is 11.0. The van der Waals surface area contributed by atoms with Gasteiger partial charge >= 0.3 is 0 Å². The number of hydrogen-bond acceptors (Lipinski definition) is 3. The molecule has 0 aliphatic heterocycles. The highest BCUT2D eigenvalue weighted by molar-refractivity contribution is 6.30. The van der Waals surface area contributed by atoms with Gasteiger partial charge in [0, 0.05) is 29.2 Å². The van der Waals surface area contributed by atoms with Gasteiger partial charge < -0.3 is 0 Å². The number of halogens is 1. The van der Waals surface area contributed by atoms with Crippen LogP contribution < -0.4 is 0 Å². The number of carbonyl (C=O) groups is 1. The molecule has 1 aromatic carbocycles. The first-order valence-corrected chi connectivity index (χ1v) is 6.26. The fourth-order valence-corrected chi connectivity index (χ4v) is 1.96. The monoisotopic (exact) mass is 272 g/mol. The first-order valence-electron chi connectivity index (χ1n) is 5.89. The SMILES string of the molecule is C=CCC(C(=O)c1ccc(Cl)cc1)c1cnccn1. The molecule has 1 aromatic heterocycles. The lowest BCUT2D eigenvalue weighted by molar-refractivity contribution is 0.0958. The standard InChI is InChI=1S/C15H13ClN2O/c1-2-3-13(14-10-17-8-9-18-14)15(19)11-4-6-12(16)7-5-11/h2,4-10,13H,1,3H2. The third kappa shape index (κ3) is 3.26. The van der Waals surface area contributed by atoms with E-state index in [2.05, 4.69) is 16.5 Å². The minimum Gasteiger partial charge on any atom is -0.293 e. The summed E-state index contributed by atoms with van der Waals surface area (Å²) in [5.41, 5.74) is 1.27. The maximum atomic E-state index is 12.5. The highest BCUT2D eigenvalue weighted by Crippen LogP contribution is 2.23. The van der Waals surface area contributed by atoms with Crippen LogP contribution in [-0.2, 0) is 0 Å². The molecule has 0 radical (unpaired) electrons. The molecule has 1 atom stereocenters. The summed E-state index contributed by atoms with van der Waals surface area (Å²) in [7, 11) is 0. The van der Waals surface area contributed by atoms with Crippen LogP contribution in [0.3, 0.4) is 0 Å². The molecule has 0 N–H and O–H groups in total. The lowest BCUT2D eigenvalue weighted by atomic mass is 9.92. The number of ketones is 1. The minimum atomic E-state index is -0.354. The van der Waals surface area contributed by atoms with Crippen molar-refractivity contribution in [1.82, 2.24) is 9.97 Å². The van der Waals surface area contributed by atoms with Crippen molar-refractivity contribution >= 4 is 17.4 Å². The van der Waals surface area contributed by atoms with E-state index >= 15 is 0 Å². The van der Waals surface area contributed by atoms with Crippen LogP contribution in [0.25, 0.3) is 0 Å². The first-order chi connectivity index (χ1) is 9.22. The van der Waals surface area contributed by atoms with Crippen LogP contribution in [-0.4, -0.2) is 15.8 Å². The van der Waals surface area contributed by atoms with Crippen LogP contribution in [0.4, 0.5) is 0 Å². The lowest BCUT2D eigenvalue weighted by Crippen LogP contribution is -2.14. The van der Waals surface area contributed by atoms with Gasteiger partial charge in [-0.25, -0.2) is 0 Å². The van der Waals surface area contributed by atoms with Gasteiger partial charge in [-0.05, 0) is 30.7 Å². The summed E-state index contributed by atoms with van der Waals surface area (Å²) >= 11 is 5.82. The van der Waals surface area contributed by atoms with Crippen molar-refractivity contribution in [2.24, 2.45) is 0 Å². The van der Waals surface area contributed by atoms with E-state index in [-0.39, 0.29) is 11.7 Å².